The normalized spacial score (nSPS) is 17.6. The first-order valence-electron chi connectivity index (χ1n) is 4.72. The molecule has 1 N–H and O–H groups in total. The summed E-state index contributed by atoms with van der Waals surface area (Å²) in [6.45, 7) is 0. The highest BCUT2D eigenvalue weighted by atomic mass is 35.5. The van der Waals surface area contributed by atoms with Gasteiger partial charge in [0, 0.05) is 18.4 Å². The fraction of sp³-hybridized carbons (Fsp3) is 0.500. The van der Waals surface area contributed by atoms with Gasteiger partial charge in [0.25, 0.3) is 0 Å². The van der Waals surface area contributed by atoms with Gasteiger partial charge in [-0.15, -0.1) is 0 Å². The smallest absolute Gasteiger partial charge is 0.0820 e. The van der Waals surface area contributed by atoms with Crippen molar-refractivity contribution >= 4 is 17.3 Å². The quantitative estimate of drug-likeness (QED) is 0.787. The number of anilines is 1. The molecule has 0 amide bonds. The zero-order chi connectivity index (χ0) is 9.10. The maximum atomic E-state index is 5.98. The predicted molar refractivity (Wildman–Crippen MR) is 55.1 cm³/mol. The summed E-state index contributed by atoms with van der Waals surface area (Å²) in [6.07, 6.45) is 8.64. The Balaban J connectivity index is 2.04. The van der Waals surface area contributed by atoms with Crippen LogP contribution in [0.1, 0.15) is 25.7 Å². The second kappa shape index (κ2) is 3.97. The van der Waals surface area contributed by atoms with Crippen molar-refractivity contribution in [1.29, 1.82) is 0 Å². The minimum Gasteiger partial charge on any atom is -0.381 e. The maximum absolute atomic E-state index is 5.98. The van der Waals surface area contributed by atoms with Crippen LogP contribution in [0.3, 0.4) is 0 Å². The van der Waals surface area contributed by atoms with Gasteiger partial charge in [-0.1, -0.05) is 24.4 Å². The molecule has 13 heavy (non-hydrogen) atoms. The molecular formula is C10H13ClN2. The van der Waals surface area contributed by atoms with Crippen LogP contribution in [-0.2, 0) is 0 Å². The molecule has 2 rings (SSSR count). The molecule has 3 heteroatoms. The molecule has 1 saturated carbocycles. The van der Waals surface area contributed by atoms with Gasteiger partial charge >= 0.3 is 0 Å². The molecule has 1 heterocycles. The summed E-state index contributed by atoms with van der Waals surface area (Å²) in [7, 11) is 0. The summed E-state index contributed by atoms with van der Waals surface area (Å²) in [5.74, 6) is 0. The van der Waals surface area contributed by atoms with Gasteiger partial charge in [-0.25, -0.2) is 0 Å². The van der Waals surface area contributed by atoms with E-state index in [0.717, 1.165) is 10.7 Å². The van der Waals surface area contributed by atoms with Crippen LogP contribution in [0.15, 0.2) is 18.5 Å². The summed E-state index contributed by atoms with van der Waals surface area (Å²) < 4.78 is 0. The maximum Gasteiger partial charge on any atom is 0.0820 e. The largest absolute Gasteiger partial charge is 0.381 e. The minimum absolute atomic E-state index is 0.611. The van der Waals surface area contributed by atoms with E-state index in [2.05, 4.69) is 10.3 Å². The average molecular weight is 197 g/mol. The number of nitrogens with one attached hydrogen (secondary N) is 1. The third-order valence-corrected chi connectivity index (χ3v) is 2.79. The van der Waals surface area contributed by atoms with E-state index >= 15 is 0 Å². The van der Waals surface area contributed by atoms with Crippen LogP contribution >= 0.6 is 11.6 Å². The number of aromatic nitrogens is 1. The van der Waals surface area contributed by atoms with Crippen LogP contribution < -0.4 is 5.32 Å². The van der Waals surface area contributed by atoms with E-state index in [1.807, 2.05) is 6.07 Å². The van der Waals surface area contributed by atoms with Gasteiger partial charge in [-0.05, 0) is 18.9 Å². The van der Waals surface area contributed by atoms with E-state index in [1.165, 1.54) is 25.7 Å². The van der Waals surface area contributed by atoms with Gasteiger partial charge in [0.05, 0.1) is 10.7 Å². The minimum atomic E-state index is 0.611. The lowest BCUT2D eigenvalue weighted by molar-refractivity contribution is 0.755. The highest BCUT2D eigenvalue weighted by Gasteiger charge is 2.15. The molecule has 1 aromatic rings. The second-order valence-corrected chi connectivity index (χ2v) is 3.89. The zero-order valence-electron chi connectivity index (χ0n) is 7.46. The summed E-state index contributed by atoms with van der Waals surface area (Å²) >= 11 is 5.98. The van der Waals surface area contributed by atoms with Crippen molar-refractivity contribution in [3.8, 4) is 0 Å². The van der Waals surface area contributed by atoms with E-state index in [9.17, 15) is 0 Å². The van der Waals surface area contributed by atoms with Crippen molar-refractivity contribution in [2.45, 2.75) is 31.7 Å². The number of nitrogens with zero attached hydrogens (tertiary/aromatic N) is 1. The summed E-state index contributed by atoms with van der Waals surface area (Å²) in [6, 6.07) is 2.54. The number of hydrogen-bond donors (Lipinski definition) is 1. The van der Waals surface area contributed by atoms with Crippen LogP contribution in [0.5, 0.6) is 0 Å². The standard InChI is InChI=1S/C10H13ClN2/c11-9-7-12-6-5-10(9)13-8-3-1-2-4-8/h5-8H,1-4H2,(H,12,13). The van der Waals surface area contributed by atoms with Crippen molar-refractivity contribution in [2.75, 3.05) is 5.32 Å². The van der Waals surface area contributed by atoms with E-state index in [4.69, 9.17) is 11.6 Å². The Morgan fingerprint density at radius 3 is 2.85 bits per heavy atom. The molecular weight excluding hydrogens is 184 g/mol. The SMILES string of the molecule is Clc1cnccc1NC1CCCC1. The number of halogens is 1. The van der Waals surface area contributed by atoms with Crippen LogP contribution in [-0.4, -0.2) is 11.0 Å². The highest BCUT2D eigenvalue weighted by molar-refractivity contribution is 6.33. The Morgan fingerprint density at radius 2 is 2.15 bits per heavy atom. The van der Waals surface area contributed by atoms with Crippen molar-refractivity contribution in [2.24, 2.45) is 0 Å². The Hall–Kier alpha value is -0.760. The van der Waals surface area contributed by atoms with Gasteiger partial charge in [0.2, 0.25) is 0 Å². The Morgan fingerprint density at radius 1 is 1.38 bits per heavy atom. The molecule has 0 saturated heterocycles. The second-order valence-electron chi connectivity index (χ2n) is 3.48. The Labute approximate surface area is 83.3 Å². The van der Waals surface area contributed by atoms with Crippen LogP contribution in [0, 0.1) is 0 Å². The highest BCUT2D eigenvalue weighted by Crippen LogP contribution is 2.25. The monoisotopic (exact) mass is 196 g/mol. The lowest BCUT2D eigenvalue weighted by atomic mass is 10.2. The van der Waals surface area contributed by atoms with E-state index in [1.54, 1.807) is 12.4 Å². The number of rotatable bonds is 2. The topological polar surface area (TPSA) is 24.9 Å². The molecule has 2 nitrogen and oxygen atoms in total. The molecule has 0 bridgehead atoms. The first-order chi connectivity index (χ1) is 6.36. The van der Waals surface area contributed by atoms with Crippen molar-refractivity contribution < 1.29 is 0 Å². The first kappa shape index (κ1) is 8.82. The van der Waals surface area contributed by atoms with E-state index in [-0.39, 0.29) is 0 Å². The van der Waals surface area contributed by atoms with Crippen LogP contribution in [0.25, 0.3) is 0 Å². The van der Waals surface area contributed by atoms with E-state index < -0.39 is 0 Å². The Kier molecular flexibility index (Phi) is 2.69. The van der Waals surface area contributed by atoms with Gasteiger partial charge < -0.3 is 5.32 Å². The Bertz CT molecular complexity index is 282. The molecule has 70 valence electrons. The molecule has 0 radical (unpaired) electrons. The average Bonchev–Trinajstić information content (AvgIpc) is 2.61. The lowest BCUT2D eigenvalue weighted by Gasteiger charge is -2.13. The van der Waals surface area contributed by atoms with Crippen LogP contribution in [0.2, 0.25) is 5.02 Å². The summed E-state index contributed by atoms with van der Waals surface area (Å²) in [5.41, 5.74) is 1.02. The molecule has 1 aliphatic carbocycles. The molecule has 1 aromatic heterocycles. The van der Waals surface area contributed by atoms with Crippen LogP contribution in [0.4, 0.5) is 5.69 Å². The lowest BCUT2D eigenvalue weighted by Crippen LogP contribution is -2.14. The first-order valence-corrected chi connectivity index (χ1v) is 5.10. The van der Waals surface area contributed by atoms with Crippen molar-refractivity contribution in [3.05, 3.63) is 23.5 Å². The van der Waals surface area contributed by atoms with Crippen molar-refractivity contribution in [3.63, 3.8) is 0 Å². The van der Waals surface area contributed by atoms with Gasteiger partial charge in [0.15, 0.2) is 0 Å². The molecule has 0 spiro atoms. The third kappa shape index (κ3) is 2.13. The molecule has 0 unspecified atom stereocenters. The number of hydrogen-bond acceptors (Lipinski definition) is 2. The van der Waals surface area contributed by atoms with Gasteiger partial charge in [0.1, 0.15) is 0 Å². The third-order valence-electron chi connectivity index (χ3n) is 2.49. The number of pyridine rings is 1. The molecule has 1 fully saturated rings. The van der Waals surface area contributed by atoms with E-state index in [0.29, 0.717) is 6.04 Å². The molecule has 0 aliphatic heterocycles. The summed E-state index contributed by atoms with van der Waals surface area (Å²) in [5, 5.41) is 4.15. The molecule has 0 aromatic carbocycles. The predicted octanol–water partition coefficient (Wildman–Crippen LogP) is 3.09. The zero-order valence-corrected chi connectivity index (χ0v) is 8.22. The van der Waals surface area contributed by atoms with Gasteiger partial charge in [-0.3, -0.25) is 4.98 Å². The fourth-order valence-corrected chi connectivity index (χ4v) is 1.96. The fourth-order valence-electron chi connectivity index (χ4n) is 1.78. The van der Waals surface area contributed by atoms with Gasteiger partial charge in [-0.2, -0.15) is 0 Å². The summed E-state index contributed by atoms with van der Waals surface area (Å²) in [4.78, 5) is 3.95. The molecule has 1 aliphatic rings. The molecule has 0 atom stereocenters. The van der Waals surface area contributed by atoms with Crippen molar-refractivity contribution in [1.82, 2.24) is 4.98 Å².